The van der Waals surface area contributed by atoms with E-state index in [0.717, 1.165) is 22.2 Å². The minimum absolute atomic E-state index is 0.590. The Labute approximate surface area is 148 Å². The molecule has 0 atom stereocenters. The summed E-state index contributed by atoms with van der Waals surface area (Å²) in [6.45, 7) is 0. The van der Waals surface area contributed by atoms with E-state index in [4.69, 9.17) is 4.98 Å². The number of rotatable bonds is 4. The largest absolute Gasteiger partial charge is 0.279 e. The van der Waals surface area contributed by atoms with Gasteiger partial charge in [0.25, 0.3) is 0 Å². The molecule has 2 aromatic carbocycles. The van der Waals surface area contributed by atoms with Crippen LogP contribution in [-0.4, -0.2) is 11.2 Å². The molecule has 1 aliphatic rings. The second kappa shape index (κ2) is 7.47. The molecular weight excluding hydrogens is 306 g/mol. The lowest BCUT2D eigenvalue weighted by Crippen LogP contribution is -2.07. The summed E-state index contributed by atoms with van der Waals surface area (Å²) in [5.41, 5.74) is 7.51. The second-order valence-corrected chi connectivity index (χ2v) is 6.72. The van der Waals surface area contributed by atoms with Gasteiger partial charge in [0.2, 0.25) is 0 Å². The zero-order valence-electron chi connectivity index (χ0n) is 14.4. The molecule has 1 aliphatic carbocycles. The van der Waals surface area contributed by atoms with Gasteiger partial charge in [0, 0.05) is 22.6 Å². The zero-order valence-corrected chi connectivity index (χ0v) is 14.4. The van der Waals surface area contributed by atoms with Crippen molar-refractivity contribution in [3.05, 3.63) is 71.9 Å². The van der Waals surface area contributed by atoms with Crippen LogP contribution in [0.2, 0.25) is 0 Å². The maximum Gasteiger partial charge on any atom is 0.0712 e. The number of nitrogens with one attached hydrogen (secondary N) is 1. The van der Waals surface area contributed by atoms with Crippen molar-refractivity contribution in [1.82, 2.24) is 4.98 Å². The molecule has 1 saturated carbocycles. The summed E-state index contributed by atoms with van der Waals surface area (Å²) in [6, 6.07) is 20.6. The Hall–Kier alpha value is -2.68. The number of hydrazone groups is 1. The molecule has 1 fully saturated rings. The summed E-state index contributed by atoms with van der Waals surface area (Å²) in [4.78, 5) is 4.94. The van der Waals surface area contributed by atoms with E-state index in [0.29, 0.717) is 5.92 Å². The lowest BCUT2D eigenvalue weighted by atomic mass is 9.86. The van der Waals surface area contributed by atoms with Gasteiger partial charge in [-0.3, -0.25) is 10.4 Å². The minimum atomic E-state index is 0.590. The first-order valence-electron chi connectivity index (χ1n) is 9.14. The molecule has 0 unspecified atom stereocenters. The van der Waals surface area contributed by atoms with Gasteiger partial charge in [0.1, 0.15) is 0 Å². The van der Waals surface area contributed by atoms with Gasteiger partial charge >= 0.3 is 0 Å². The van der Waals surface area contributed by atoms with Crippen molar-refractivity contribution in [3.63, 3.8) is 0 Å². The first-order chi connectivity index (χ1) is 12.4. The summed E-state index contributed by atoms with van der Waals surface area (Å²) >= 11 is 0. The van der Waals surface area contributed by atoms with Gasteiger partial charge in [-0.15, -0.1) is 0 Å². The van der Waals surface area contributed by atoms with E-state index < -0.39 is 0 Å². The molecule has 1 heterocycles. The van der Waals surface area contributed by atoms with E-state index in [2.05, 4.69) is 40.9 Å². The van der Waals surface area contributed by atoms with Gasteiger partial charge in [0.05, 0.1) is 17.4 Å². The third kappa shape index (κ3) is 3.71. The highest BCUT2D eigenvalue weighted by atomic mass is 15.3. The number of para-hydroxylation sites is 2. The van der Waals surface area contributed by atoms with Gasteiger partial charge in [-0.25, -0.2) is 0 Å². The molecule has 0 saturated heterocycles. The number of anilines is 1. The quantitative estimate of drug-likeness (QED) is 0.490. The van der Waals surface area contributed by atoms with Crippen LogP contribution in [-0.2, 0) is 0 Å². The Balaban J connectivity index is 1.66. The number of hydrogen-bond acceptors (Lipinski definition) is 3. The Morgan fingerprint density at radius 3 is 2.52 bits per heavy atom. The molecule has 3 aromatic rings. The van der Waals surface area contributed by atoms with Gasteiger partial charge in [-0.05, 0) is 37.1 Å². The third-order valence-electron chi connectivity index (χ3n) is 4.96. The van der Waals surface area contributed by atoms with E-state index in [-0.39, 0.29) is 0 Å². The monoisotopic (exact) mass is 329 g/mol. The molecule has 0 aliphatic heterocycles. The van der Waals surface area contributed by atoms with Crippen LogP contribution < -0.4 is 5.43 Å². The van der Waals surface area contributed by atoms with Crippen LogP contribution in [0.4, 0.5) is 5.69 Å². The van der Waals surface area contributed by atoms with Gasteiger partial charge in [-0.1, -0.05) is 55.7 Å². The second-order valence-electron chi connectivity index (χ2n) is 6.72. The number of pyridine rings is 1. The highest BCUT2D eigenvalue weighted by Gasteiger charge is 2.18. The molecule has 126 valence electrons. The molecule has 0 bridgehead atoms. The number of nitrogens with zero attached hydrogens (tertiary/aromatic N) is 2. The molecule has 0 spiro atoms. The molecule has 3 nitrogen and oxygen atoms in total. The van der Waals surface area contributed by atoms with Crippen LogP contribution in [0.25, 0.3) is 10.9 Å². The third-order valence-corrected chi connectivity index (χ3v) is 4.96. The van der Waals surface area contributed by atoms with Crippen molar-refractivity contribution in [2.24, 2.45) is 5.10 Å². The molecular formula is C22H23N3. The number of aromatic nitrogens is 1. The fraction of sp³-hybridized carbons (Fsp3) is 0.273. The Morgan fingerprint density at radius 2 is 1.68 bits per heavy atom. The fourth-order valence-electron chi connectivity index (χ4n) is 3.63. The average molecular weight is 329 g/mol. The normalized spacial score (nSPS) is 15.7. The summed E-state index contributed by atoms with van der Waals surface area (Å²) in [5, 5.41) is 5.60. The zero-order chi connectivity index (χ0) is 16.9. The number of hydrogen-bond donors (Lipinski definition) is 1. The van der Waals surface area contributed by atoms with Crippen LogP contribution in [0.1, 0.15) is 49.3 Å². The molecule has 25 heavy (non-hydrogen) atoms. The molecule has 1 N–H and O–H groups in total. The van der Waals surface area contributed by atoms with Crippen LogP contribution in [0.3, 0.4) is 0 Å². The Kier molecular flexibility index (Phi) is 4.73. The lowest BCUT2D eigenvalue weighted by Gasteiger charge is -2.21. The van der Waals surface area contributed by atoms with E-state index >= 15 is 0 Å². The standard InChI is InChI=1S/C22H23N3/c1-3-9-17(10-4-1)22-15-18(20-13-7-8-14-21(20)24-22)16-23-25-19-11-5-2-6-12-19/h2,5-8,11-17,25H,1,3-4,9-10H2/b23-16+. The van der Waals surface area contributed by atoms with Gasteiger partial charge in [-0.2, -0.15) is 5.10 Å². The maximum atomic E-state index is 4.94. The van der Waals surface area contributed by atoms with E-state index in [1.807, 2.05) is 36.5 Å². The molecule has 0 radical (unpaired) electrons. The number of benzene rings is 2. The average Bonchev–Trinajstić information content (AvgIpc) is 2.69. The van der Waals surface area contributed by atoms with Crippen molar-refractivity contribution in [2.75, 3.05) is 5.43 Å². The predicted octanol–water partition coefficient (Wildman–Crippen LogP) is 5.73. The Morgan fingerprint density at radius 1 is 0.920 bits per heavy atom. The maximum absolute atomic E-state index is 4.94. The van der Waals surface area contributed by atoms with Crippen molar-refractivity contribution in [3.8, 4) is 0 Å². The van der Waals surface area contributed by atoms with E-state index in [1.165, 1.54) is 37.8 Å². The number of fused-ring (bicyclic) bond motifs is 1. The summed E-state index contributed by atoms with van der Waals surface area (Å²) in [6.07, 6.45) is 8.42. The fourth-order valence-corrected chi connectivity index (χ4v) is 3.63. The minimum Gasteiger partial charge on any atom is -0.279 e. The van der Waals surface area contributed by atoms with Crippen molar-refractivity contribution < 1.29 is 0 Å². The highest BCUT2D eigenvalue weighted by Crippen LogP contribution is 2.33. The summed E-state index contributed by atoms with van der Waals surface area (Å²) in [7, 11) is 0. The van der Waals surface area contributed by atoms with Crippen LogP contribution >= 0.6 is 0 Å². The van der Waals surface area contributed by atoms with Gasteiger partial charge < -0.3 is 0 Å². The lowest BCUT2D eigenvalue weighted by molar-refractivity contribution is 0.437. The van der Waals surface area contributed by atoms with Crippen LogP contribution in [0.15, 0.2) is 65.8 Å². The molecule has 3 heteroatoms. The first-order valence-corrected chi connectivity index (χ1v) is 9.14. The first kappa shape index (κ1) is 15.8. The SMILES string of the molecule is C(=N\Nc1ccccc1)/c1cc(C2CCCCC2)nc2ccccc12. The van der Waals surface area contributed by atoms with Crippen LogP contribution in [0, 0.1) is 0 Å². The Bertz CT molecular complexity index is 865. The van der Waals surface area contributed by atoms with E-state index in [9.17, 15) is 0 Å². The highest BCUT2D eigenvalue weighted by molar-refractivity contribution is 5.98. The predicted molar refractivity (Wildman–Crippen MR) is 105 cm³/mol. The van der Waals surface area contributed by atoms with Gasteiger partial charge in [0.15, 0.2) is 0 Å². The smallest absolute Gasteiger partial charge is 0.0712 e. The molecule has 0 amide bonds. The summed E-state index contributed by atoms with van der Waals surface area (Å²) in [5.74, 6) is 0.590. The molecule has 4 rings (SSSR count). The van der Waals surface area contributed by atoms with E-state index in [1.54, 1.807) is 0 Å². The van der Waals surface area contributed by atoms with Crippen molar-refractivity contribution in [1.29, 1.82) is 0 Å². The topological polar surface area (TPSA) is 37.3 Å². The van der Waals surface area contributed by atoms with Crippen molar-refractivity contribution >= 4 is 22.8 Å². The van der Waals surface area contributed by atoms with Crippen LogP contribution in [0.5, 0.6) is 0 Å². The summed E-state index contributed by atoms with van der Waals surface area (Å²) < 4.78 is 0. The van der Waals surface area contributed by atoms with Crippen molar-refractivity contribution in [2.45, 2.75) is 38.0 Å². The molecule has 1 aromatic heterocycles.